The number of halogens is 1. The van der Waals surface area contributed by atoms with Gasteiger partial charge >= 0.3 is 0 Å². The molecule has 0 radical (unpaired) electrons. The Morgan fingerprint density at radius 2 is 2.00 bits per heavy atom. The molecule has 1 fully saturated rings. The Labute approximate surface area is 190 Å². The highest BCUT2D eigenvalue weighted by Crippen LogP contribution is 2.24. The summed E-state index contributed by atoms with van der Waals surface area (Å²) >= 11 is 0. The van der Waals surface area contributed by atoms with Crippen molar-refractivity contribution >= 4 is 17.5 Å². The number of ether oxygens (including phenoxy) is 1. The molecule has 1 aromatic carbocycles. The summed E-state index contributed by atoms with van der Waals surface area (Å²) in [5.41, 5.74) is 2.72. The summed E-state index contributed by atoms with van der Waals surface area (Å²) in [5, 5.41) is 5.15. The molecule has 0 unspecified atom stereocenters. The summed E-state index contributed by atoms with van der Waals surface area (Å²) in [4.78, 5) is 35.0. The van der Waals surface area contributed by atoms with Crippen LogP contribution in [0.15, 0.2) is 60.8 Å². The van der Waals surface area contributed by atoms with E-state index in [1.165, 1.54) is 12.1 Å². The van der Waals surface area contributed by atoms with Gasteiger partial charge in [-0.2, -0.15) is 0 Å². The lowest BCUT2D eigenvalue weighted by atomic mass is 10.1. The molecule has 0 aliphatic carbocycles. The van der Waals surface area contributed by atoms with Crippen LogP contribution in [0.5, 0.6) is 0 Å². The van der Waals surface area contributed by atoms with Gasteiger partial charge in [0.15, 0.2) is 0 Å². The van der Waals surface area contributed by atoms with Gasteiger partial charge in [-0.15, -0.1) is 0 Å². The Morgan fingerprint density at radius 1 is 1.15 bits per heavy atom. The monoisotopic (exact) mass is 449 g/mol. The highest BCUT2D eigenvalue weighted by atomic mass is 19.1. The molecule has 8 nitrogen and oxygen atoms in total. The normalized spacial score (nSPS) is 16.2. The van der Waals surface area contributed by atoms with Crippen LogP contribution >= 0.6 is 0 Å². The molecule has 1 atom stereocenters. The number of nitrogens with zero attached hydrogens (tertiary/aromatic N) is 3. The lowest BCUT2D eigenvalue weighted by molar-refractivity contribution is -0.119. The van der Waals surface area contributed by atoms with E-state index < -0.39 is 5.82 Å². The van der Waals surface area contributed by atoms with Crippen molar-refractivity contribution in [1.29, 1.82) is 0 Å². The lowest BCUT2D eigenvalue weighted by Crippen LogP contribution is -2.42. The first-order valence-corrected chi connectivity index (χ1v) is 10.6. The molecule has 1 saturated heterocycles. The zero-order valence-electron chi connectivity index (χ0n) is 18.1. The molecule has 0 bridgehead atoms. The van der Waals surface area contributed by atoms with Crippen LogP contribution in [0.4, 0.5) is 10.1 Å². The van der Waals surface area contributed by atoms with Crippen molar-refractivity contribution in [2.45, 2.75) is 6.10 Å². The van der Waals surface area contributed by atoms with E-state index in [4.69, 9.17) is 9.72 Å². The first-order chi connectivity index (χ1) is 16.0. The average molecular weight is 449 g/mol. The van der Waals surface area contributed by atoms with Gasteiger partial charge in [-0.3, -0.25) is 19.5 Å². The highest BCUT2D eigenvalue weighted by Gasteiger charge is 2.25. The molecule has 3 aromatic rings. The van der Waals surface area contributed by atoms with Crippen molar-refractivity contribution in [3.63, 3.8) is 0 Å². The van der Waals surface area contributed by atoms with Gasteiger partial charge in [0.1, 0.15) is 17.6 Å². The van der Waals surface area contributed by atoms with Gasteiger partial charge in [0.05, 0.1) is 30.2 Å². The zero-order chi connectivity index (χ0) is 23.2. The number of carbonyl (C=O) groups is 2. The Balaban J connectivity index is 1.41. The van der Waals surface area contributed by atoms with Gasteiger partial charge in [0, 0.05) is 31.9 Å². The quantitative estimate of drug-likeness (QED) is 0.601. The standard InChI is InChI=1S/C24H24FN5O3/c1-26-24(32)21-10-9-16(13-27-21)18-7-4-8-20(28-18)22-14-30(11-12-33-22)15-23(31)29-19-6-3-2-5-17(19)25/h2-10,13,22H,11-12,14-15H2,1H3,(H,26,32)(H,29,31)/t22-/m0/s1. The second-order valence-corrected chi connectivity index (χ2v) is 7.58. The number of aromatic nitrogens is 2. The maximum absolute atomic E-state index is 13.8. The summed E-state index contributed by atoms with van der Waals surface area (Å²) in [7, 11) is 1.56. The third-order valence-corrected chi connectivity index (χ3v) is 5.29. The number of pyridine rings is 2. The smallest absolute Gasteiger partial charge is 0.269 e. The minimum Gasteiger partial charge on any atom is -0.369 e. The molecule has 2 N–H and O–H groups in total. The Bertz CT molecular complexity index is 1140. The molecule has 1 aliphatic heterocycles. The number of carbonyl (C=O) groups excluding carboxylic acids is 2. The SMILES string of the molecule is CNC(=O)c1ccc(-c2cccc([C@@H]3CN(CC(=O)Nc4ccccc4F)CCO3)n2)cn1. The van der Waals surface area contributed by atoms with E-state index in [0.717, 1.165) is 11.3 Å². The van der Waals surface area contributed by atoms with Gasteiger partial charge in [-0.05, 0) is 36.4 Å². The van der Waals surface area contributed by atoms with Gasteiger partial charge in [-0.25, -0.2) is 9.37 Å². The number of hydrogen-bond donors (Lipinski definition) is 2. The van der Waals surface area contributed by atoms with Crippen LogP contribution in [-0.2, 0) is 9.53 Å². The average Bonchev–Trinajstić information content (AvgIpc) is 2.85. The van der Waals surface area contributed by atoms with E-state index in [0.29, 0.717) is 31.1 Å². The predicted molar refractivity (Wildman–Crippen MR) is 121 cm³/mol. The first-order valence-electron chi connectivity index (χ1n) is 10.6. The minimum atomic E-state index is -0.468. The second kappa shape index (κ2) is 10.3. The first kappa shape index (κ1) is 22.5. The van der Waals surface area contributed by atoms with Crippen molar-refractivity contribution < 1.29 is 18.7 Å². The van der Waals surface area contributed by atoms with Crippen molar-refractivity contribution in [2.75, 3.05) is 38.6 Å². The van der Waals surface area contributed by atoms with Gasteiger partial charge in [-0.1, -0.05) is 18.2 Å². The van der Waals surface area contributed by atoms with E-state index in [2.05, 4.69) is 15.6 Å². The third kappa shape index (κ3) is 5.57. The van der Waals surface area contributed by atoms with Crippen LogP contribution in [0, 0.1) is 5.82 Å². The van der Waals surface area contributed by atoms with Crippen molar-refractivity contribution in [3.8, 4) is 11.3 Å². The zero-order valence-corrected chi connectivity index (χ0v) is 18.1. The fourth-order valence-electron chi connectivity index (χ4n) is 3.58. The summed E-state index contributed by atoms with van der Waals surface area (Å²) < 4.78 is 19.7. The number of rotatable bonds is 6. The van der Waals surface area contributed by atoms with Crippen LogP contribution in [-0.4, -0.2) is 60.0 Å². The highest BCUT2D eigenvalue weighted by molar-refractivity contribution is 5.92. The van der Waals surface area contributed by atoms with Crippen molar-refractivity contribution in [2.24, 2.45) is 0 Å². The molecule has 0 spiro atoms. The number of para-hydroxylation sites is 1. The van der Waals surface area contributed by atoms with Gasteiger partial charge in [0.25, 0.3) is 5.91 Å². The number of nitrogens with one attached hydrogen (secondary N) is 2. The summed E-state index contributed by atoms with van der Waals surface area (Å²) in [6, 6.07) is 15.2. The fourth-order valence-corrected chi connectivity index (χ4v) is 3.58. The fraction of sp³-hybridized carbons (Fsp3) is 0.250. The van der Waals surface area contributed by atoms with Crippen LogP contribution < -0.4 is 10.6 Å². The van der Waals surface area contributed by atoms with E-state index >= 15 is 0 Å². The second-order valence-electron chi connectivity index (χ2n) is 7.58. The Morgan fingerprint density at radius 3 is 2.76 bits per heavy atom. The van der Waals surface area contributed by atoms with Crippen LogP contribution in [0.1, 0.15) is 22.3 Å². The molecule has 2 aromatic heterocycles. The van der Waals surface area contributed by atoms with E-state index in [1.54, 1.807) is 37.5 Å². The number of benzene rings is 1. The van der Waals surface area contributed by atoms with Crippen LogP contribution in [0.25, 0.3) is 11.3 Å². The van der Waals surface area contributed by atoms with Gasteiger partial charge in [0.2, 0.25) is 5.91 Å². The molecule has 9 heteroatoms. The summed E-state index contributed by atoms with van der Waals surface area (Å²) in [6.45, 7) is 1.64. The molecule has 33 heavy (non-hydrogen) atoms. The number of morpholine rings is 1. The van der Waals surface area contributed by atoms with E-state index in [1.807, 2.05) is 23.1 Å². The molecular formula is C24H24FN5O3. The maximum atomic E-state index is 13.8. The van der Waals surface area contributed by atoms with Gasteiger partial charge < -0.3 is 15.4 Å². The minimum absolute atomic E-state index is 0.124. The van der Waals surface area contributed by atoms with E-state index in [9.17, 15) is 14.0 Å². The maximum Gasteiger partial charge on any atom is 0.269 e. The molecule has 1 aliphatic rings. The predicted octanol–water partition coefficient (Wildman–Crippen LogP) is 2.65. The Kier molecular flexibility index (Phi) is 7.01. The summed E-state index contributed by atoms with van der Waals surface area (Å²) in [5.74, 6) is -1.01. The van der Waals surface area contributed by atoms with Crippen LogP contribution in [0.3, 0.4) is 0 Å². The van der Waals surface area contributed by atoms with Crippen molar-refractivity contribution in [1.82, 2.24) is 20.2 Å². The van der Waals surface area contributed by atoms with E-state index in [-0.39, 0.29) is 30.2 Å². The molecular weight excluding hydrogens is 425 g/mol. The van der Waals surface area contributed by atoms with Crippen molar-refractivity contribution in [3.05, 3.63) is 78.0 Å². The molecule has 4 rings (SSSR count). The molecule has 170 valence electrons. The molecule has 2 amide bonds. The lowest BCUT2D eigenvalue weighted by Gasteiger charge is -2.32. The number of hydrogen-bond acceptors (Lipinski definition) is 6. The largest absolute Gasteiger partial charge is 0.369 e. The number of amides is 2. The molecule has 0 saturated carbocycles. The summed E-state index contributed by atoms with van der Waals surface area (Å²) in [6.07, 6.45) is 1.30. The number of anilines is 1. The Hall–Kier alpha value is -3.69. The topological polar surface area (TPSA) is 96.5 Å². The van der Waals surface area contributed by atoms with Crippen LogP contribution in [0.2, 0.25) is 0 Å². The molecule has 3 heterocycles. The third-order valence-electron chi connectivity index (χ3n) is 5.29.